The summed E-state index contributed by atoms with van der Waals surface area (Å²) < 4.78 is 38.6. The van der Waals surface area contributed by atoms with Crippen LogP contribution in [0.5, 0.6) is 0 Å². The molecule has 0 aliphatic carbocycles. The number of ketones is 1. The first-order valence-corrected chi connectivity index (χ1v) is 6.69. The molecule has 0 spiro atoms. The molecule has 0 fully saturated rings. The number of benzene rings is 2. The monoisotopic (exact) mass is 312 g/mol. The lowest BCUT2D eigenvalue weighted by Crippen LogP contribution is -2.13. The van der Waals surface area contributed by atoms with E-state index < -0.39 is 17.5 Å². The number of aryl methyl sites for hydroxylation is 1. The number of alkyl halides is 3. The van der Waals surface area contributed by atoms with E-state index in [0.717, 1.165) is 11.6 Å². The van der Waals surface area contributed by atoms with Gasteiger partial charge in [-0.3, -0.25) is 4.79 Å². The van der Waals surface area contributed by atoms with Crippen molar-refractivity contribution in [1.82, 2.24) is 0 Å². The Kier molecular flexibility index (Phi) is 4.68. The minimum Gasteiger partial charge on any atom is -0.294 e. The molecule has 1 nitrogen and oxygen atoms in total. The fraction of sp³-hybridized carbons (Fsp3) is 0.188. The lowest BCUT2D eigenvalue weighted by Gasteiger charge is -2.11. The van der Waals surface area contributed by atoms with E-state index in [0.29, 0.717) is 11.4 Å². The first-order chi connectivity index (χ1) is 9.88. The molecule has 0 unspecified atom stereocenters. The highest BCUT2D eigenvalue weighted by molar-refractivity contribution is 6.30. The Bertz CT molecular complexity index is 650. The third-order valence-electron chi connectivity index (χ3n) is 3.06. The first kappa shape index (κ1) is 15.6. The van der Waals surface area contributed by atoms with Crippen molar-refractivity contribution in [3.63, 3.8) is 0 Å². The van der Waals surface area contributed by atoms with Gasteiger partial charge in [-0.15, -0.1) is 0 Å². The maximum Gasteiger partial charge on any atom is 0.417 e. The zero-order valence-corrected chi connectivity index (χ0v) is 11.7. The topological polar surface area (TPSA) is 17.1 Å². The first-order valence-electron chi connectivity index (χ1n) is 6.32. The van der Waals surface area contributed by atoms with Gasteiger partial charge in [0.15, 0.2) is 5.78 Å². The molecule has 0 bridgehead atoms. The smallest absolute Gasteiger partial charge is 0.294 e. The van der Waals surface area contributed by atoms with Gasteiger partial charge in [-0.2, -0.15) is 13.2 Å². The highest BCUT2D eigenvalue weighted by Crippen LogP contribution is 2.32. The van der Waals surface area contributed by atoms with Gasteiger partial charge in [0.1, 0.15) is 0 Å². The molecule has 0 aliphatic heterocycles. The summed E-state index contributed by atoms with van der Waals surface area (Å²) in [5.74, 6) is -0.525. The minimum atomic E-state index is -4.53. The van der Waals surface area contributed by atoms with Gasteiger partial charge in [0.2, 0.25) is 0 Å². The molecular formula is C16H12ClF3O. The van der Waals surface area contributed by atoms with E-state index in [-0.39, 0.29) is 12.0 Å². The standard InChI is InChI=1S/C16H12ClF3O/c17-12-5-3-4-11(10-12)8-9-15(21)13-6-1-2-7-14(13)16(18,19)20/h1-7,10H,8-9H2. The molecule has 0 saturated carbocycles. The molecule has 0 aliphatic rings. The lowest BCUT2D eigenvalue weighted by molar-refractivity contribution is -0.137. The molecular weight excluding hydrogens is 301 g/mol. The van der Waals surface area contributed by atoms with E-state index in [1.165, 1.54) is 18.2 Å². The van der Waals surface area contributed by atoms with Gasteiger partial charge in [0.05, 0.1) is 5.56 Å². The molecule has 2 aromatic carbocycles. The van der Waals surface area contributed by atoms with Gasteiger partial charge in [0.25, 0.3) is 0 Å². The predicted molar refractivity (Wildman–Crippen MR) is 75.5 cm³/mol. The molecule has 5 heteroatoms. The highest BCUT2D eigenvalue weighted by atomic mass is 35.5. The fourth-order valence-electron chi connectivity index (χ4n) is 2.06. The van der Waals surface area contributed by atoms with Crippen LogP contribution in [0.25, 0.3) is 0 Å². The number of carbonyl (C=O) groups excluding carboxylic acids is 1. The van der Waals surface area contributed by atoms with E-state index in [4.69, 9.17) is 11.6 Å². The van der Waals surface area contributed by atoms with Gasteiger partial charge in [-0.1, -0.05) is 41.9 Å². The van der Waals surface area contributed by atoms with Crippen LogP contribution in [-0.2, 0) is 12.6 Å². The van der Waals surface area contributed by atoms with Gasteiger partial charge in [0, 0.05) is 17.0 Å². The van der Waals surface area contributed by atoms with Crippen LogP contribution in [0.3, 0.4) is 0 Å². The summed E-state index contributed by atoms with van der Waals surface area (Å²) in [7, 11) is 0. The lowest BCUT2D eigenvalue weighted by atomic mass is 9.98. The Hall–Kier alpha value is -1.81. The van der Waals surface area contributed by atoms with Gasteiger partial charge in [-0.05, 0) is 30.2 Å². The third-order valence-corrected chi connectivity index (χ3v) is 3.30. The quantitative estimate of drug-likeness (QED) is 0.711. The number of hydrogen-bond acceptors (Lipinski definition) is 1. The number of rotatable bonds is 4. The Balaban J connectivity index is 2.14. The summed E-state index contributed by atoms with van der Waals surface area (Å²) in [6, 6.07) is 11.8. The fourth-order valence-corrected chi connectivity index (χ4v) is 2.27. The van der Waals surface area contributed by atoms with Crippen LogP contribution >= 0.6 is 11.6 Å². The molecule has 21 heavy (non-hydrogen) atoms. The van der Waals surface area contributed by atoms with E-state index in [2.05, 4.69) is 0 Å². The maximum absolute atomic E-state index is 12.9. The van der Waals surface area contributed by atoms with E-state index >= 15 is 0 Å². The SMILES string of the molecule is O=C(CCc1cccc(Cl)c1)c1ccccc1C(F)(F)F. The molecule has 0 amide bonds. The van der Waals surface area contributed by atoms with E-state index in [1.807, 2.05) is 0 Å². The average molecular weight is 313 g/mol. The number of carbonyl (C=O) groups is 1. The zero-order chi connectivity index (χ0) is 15.5. The minimum absolute atomic E-state index is 0.00738. The Morgan fingerprint density at radius 1 is 1.05 bits per heavy atom. The van der Waals surface area contributed by atoms with Crippen molar-refractivity contribution in [2.75, 3.05) is 0 Å². The Morgan fingerprint density at radius 3 is 2.43 bits per heavy atom. The Morgan fingerprint density at radius 2 is 1.76 bits per heavy atom. The van der Waals surface area contributed by atoms with Crippen LogP contribution < -0.4 is 0 Å². The molecule has 110 valence electrons. The van der Waals surface area contributed by atoms with Crippen LogP contribution in [0.2, 0.25) is 5.02 Å². The highest BCUT2D eigenvalue weighted by Gasteiger charge is 2.34. The van der Waals surface area contributed by atoms with Gasteiger partial charge < -0.3 is 0 Å². The number of hydrogen-bond donors (Lipinski definition) is 0. The second kappa shape index (κ2) is 6.31. The molecule has 0 radical (unpaired) electrons. The van der Waals surface area contributed by atoms with Crippen molar-refractivity contribution in [3.8, 4) is 0 Å². The maximum atomic E-state index is 12.9. The van der Waals surface area contributed by atoms with Crippen molar-refractivity contribution < 1.29 is 18.0 Å². The average Bonchev–Trinajstić information content (AvgIpc) is 2.44. The largest absolute Gasteiger partial charge is 0.417 e. The van der Waals surface area contributed by atoms with E-state index in [1.54, 1.807) is 24.3 Å². The van der Waals surface area contributed by atoms with E-state index in [9.17, 15) is 18.0 Å². The van der Waals surface area contributed by atoms with Crippen molar-refractivity contribution in [1.29, 1.82) is 0 Å². The van der Waals surface area contributed by atoms with Crippen LogP contribution in [0.4, 0.5) is 13.2 Å². The summed E-state index contributed by atoms with van der Waals surface area (Å²) in [5, 5.41) is 0.538. The molecule has 0 aromatic heterocycles. The van der Waals surface area contributed by atoms with Crippen LogP contribution in [0.1, 0.15) is 27.9 Å². The normalized spacial score (nSPS) is 11.4. The number of halogens is 4. The second-order valence-electron chi connectivity index (χ2n) is 4.60. The Labute approximate surface area is 125 Å². The molecule has 0 saturated heterocycles. The molecule has 2 aromatic rings. The third kappa shape index (κ3) is 4.08. The molecule has 0 atom stereocenters. The summed E-state index contributed by atoms with van der Waals surface area (Å²) >= 11 is 5.83. The summed E-state index contributed by atoms with van der Waals surface area (Å²) in [4.78, 5) is 12.0. The summed E-state index contributed by atoms with van der Waals surface area (Å²) in [6.45, 7) is 0. The summed E-state index contributed by atoms with van der Waals surface area (Å²) in [5.41, 5.74) is -0.353. The molecule has 2 rings (SSSR count). The number of Topliss-reactive ketones (excluding diaryl/α,β-unsaturated/α-hetero) is 1. The second-order valence-corrected chi connectivity index (χ2v) is 5.03. The predicted octanol–water partition coefficient (Wildman–Crippen LogP) is 5.17. The molecule has 0 N–H and O–H groups in total. The van der Waals surface area contributed by atoms with Gasteiger partial charge >= 0.3 is 6.18 Å². The van der Waals surface area contributed by atoms with Crippen molar-refractivity contribution in [3.05, 3.63) is 70.2 Å². The van der Waals surface area contributed by atoms with Crippen LogP contribution in [-0.4, -0.2) is 5.78 Å². The van der Waals surface area contributed by atoms with Gasteiger partial charge in [-0.25, -0.2) is 0 Å². The van der Waals surface area contributed by atoms with Crippen LogP contribution in [0, 0.1) is 0 Å². The van der Waals surface area contributed by atoms with Crippen molar-refractivity contribution in [2.24, 2.45) is 0 Å². The zero-order valence-electron chi connectivity index (χ0n) is 11.0. The van der Waals surface area contributed by atoms with Crippen molar-refractivity contribution in [2.45, 2.75) is 19.0 Å². The van der Waals surface area contributed by atoms with Crippen LogP contribution in [0.15, 0.2) is 48.5 Å². The van der Waals surface area contributed by atoms with Crippen molar-refractivity contribution >= 4 is 17.4 Å². The molecule has 0 heterocycles. The summed E-state index contributed by atoms with van der Waals surface area (Å²) in [6.07, 6.45) is -4.17.